The Bertz CT molecular complexity index is 641. The maximum absolute atomic E-state index is 13.2. The number of nitrogens with zero attached hydrogens (tertiary/aromatic N) is 1. The summed E-state index contributed by atoms with van der Waals surface area (Å²) in [7, 11) is 1.70. The number of nitrogens with one attached hydrogen (secondary N) is 1. The van der Waals surface area contributed by atoms with E-state index in [0.717, 1.165) is 43.5 Å². The molecule has 28 heavy (non-hydrogen) atoms. The lowest BCUT2D eigenvalue weighted by molar-refractivity contribution is -0.148. The highest BCUT2D eigenvalue weighted by molar-refractivity contribution is 5.82. The van der Waals surface area contributed by atoms with E-state index in [0.29, 0.717) is 32.4 Å². The molecule has 156 valence electrons. The zero-order valence-electron chi connectivity index (χ0n) is 17.4. The average Bonchev–Trinajstić information content (AvgIpc) is 3.56. The van der Waals surface area contributed by atoms with Crippen LogP contribution in [0.15, 0.2) is 18.2 Å². The van der Waals surface area contributed by atoms with E-state index >= 15 is 0 Å². The fourth-order valence-corrected chi connectivity index (χ4v) is 3.73. The van der Waals surface area contributed by atoms with Gasteiger partial charge in [0.25, 0.3) is 5.91 Å². The average molecular weight is 391 g/mol. The van der Waals surface area contributed by atoms with E-state index < -0.39 is 0 Å². The van der Waals surface area contributed by atoms with Crippen LogP contribution in [0.25, 0.3) is 0 Å². The van der Waals surface area contributed by atoms with Crippen LogP contribution in [0.1, 0.15) is 50.3 Å². The molecule has 6 nitrogen and oxygen atoms in total. The Morgan fingerprint density at radius 2 is 2.18 bits per heavy atom. The standard InChI is InChI=1S/C22H34N2O4/c1-4-17-6-7-18(14-20(17)27-12-5-11-26-3)16(2)24(19-8-9-19)22(25)21-15-23-10-13-28-21/h6-7,14,16,19,21,23H,4-5,8-13,15H2,1-3H3/t16-,21-/m1/s1. The van der Waals surface area contributed by atoms with E-state index in [4.69, 9.17) is 14.2 Å². The van der Waals surface area contributed by atoms with Crippen LogP contribution in [-0.2, 0) is 20.7 Å². The number of amides is 1. The van der Waals surface area contributed by atoms with Gasteiger partial charge in [0.1, 0.15) is 11.9 Å². The third kappa shape index (κ3) is 5.25. The molecule has 1 saturated heterocycles. The van der Waals surface area contributed by atoms with Crippen LogP contribution in [0.4, 0.5) is 0 Å². The summed E-state index contributed by atoms with van der Waals surface area (Å²) in [5, 5.41) is 3.26. The van der Waals surface area contributed by atoms with Crippen molar-refractivity contribution in [2.75, 3.05) is 40.0 Å². The zero-order valence-corrected chi connectivity index (χ0v) is 17.4. The van der Waals surface area contributed by atoms with Gasteiger partial charge in [0, 0.05) is 39.3 Å². The highest BCUT2D eigenvalue weighted by Gasteiger charge is 2.40. The minimum atomic E-state index is -0.378. The van der Waals surface area contributed by atoms with Gasteiger partial charge in [0.2, 0.25) is 0 Å². The van der Waals surface area contributed by atoms with Crippen LogP contribution >= 0.6 is 0 Å². The maximum atomic E-state index is 13.2. The number of carbonyl (C=O) groups excluding carboxylic acids is 1. The summed E-state index contributed by atoms with van der Waals surface area (Å²) in [4.78, 5) is 15.2. The van der Waals surface area contributed by atoms with Crippen molar-refractivity contribution in [2.45, 2.75) is 57.7 Å². The molecule has 0 aromatic heterocycles. The first kappa shape index (κ1) is 21.1. The molecule has 3 rings (SSSR count). The molecule has 2 aliphatic rings. The monoisotopic (exact) mass is 390 g/mol. The van der Waals surface area contributed by atoms with Crippen LogP contribution in [0.5, 0.6) is 5.75 Å². The lowest BCUT2D eigenvalue weighted by Gasteiger charge is -2.34. The predicted molar refractivity (Wildman–Crippen MR) is 109 cm³/mol. The molecule has 1 amide bonds. The fourth-order valence-electron chi connectivity index (χ4n) is 3.73. The molecule has 1 N–H and O–H groups in total. The summed E-state index contributed by atoms with van der Waals surface area (Å²) >= 11 is 0. The van der Waals surface area contributed by atoms with Crippen LogP contribution in [-0.4, -0.2) is 63.0 Å². The van der Waals surface area contributed by atoms with E-state index in [1.54, 1.807) is 7.11 Å². The van der Waals surface area contributed by atoms with Crippen molar-refractivity contribution in [3.8, 4) is 5.75 Å². The summed E-state index contributed by atoms with van der Waals surface area (Å²) in [6, 6.07) is 6.70. The number of carbonyl (C=O) groups is 1. The van der Waals surface area contributed by atoms with Gasteiger partial charge in [-0.05, 0) is 43.4 Å². The van der Waals surface area contributed by atoms with E-state index in [1.807, 2.05) is 4.90 Å². The number of rotatable bonds is 10. The van der Waals surface area contributed by atoms with Gasteiger partial charge in [-0.2, -0.15) is 0 Å². The summed E-state index contributed by atoms with van der Waals surface area (Å²) in [6.07, 6.45) is 3.54. The summed E-state index contributed by atoms with van der Waals surface area (Å²) < 4.78 is 16.9. The Kier molecular flexibility index (Phi) is 7.71. The smallest absolute Gasteiger partial charge is 0.253 e. The van der Waals surface area contributed by atoms with Crippen molar-refractivity contribution in [3.63, 3.8) is 0 Å². The molecular formula is C22H34N2O4. The summed E-state index contributed by atoms with van der Waals surface area (Å²) in [5.41, 5.74) is 2.31. The molecule has 0 radical (unpaired) electrons. The zero-order chi connectivity index (χ0) is 19.9. The van der Waals surface area contributed by atoms with Crippen molar-refractivity contribution in [1.29, 1.82) is 0 Å². The Morgan fingerprint density at radius 3 is 2.82 bits per heavy atom. The Hall–Kier alpha value is -1.63. The molecular weight excluding hydrogens is 356 g/mol. The van der Waals surface area contributed by atoms with Gasteiger partial charge in [-0.1, -0.05) is 19.1 Å². The number of methoxy groups -OCH3 is 1. The van der Waals surface area contributed by atoms with Gasteiger partial charge in [-0.3, -0.25) is 4.79 Å². The van der Waals surface area contributed by atoms with E-state index in [1.165, 1.54) is 5.56 Å². The first-order valence-electron chi connectivity index (χ1n) is 10.5. The second-order valence-electron chi connectivity index (χ2n) is 7.63. The van der Waals surface area contributed by atoms with Gasteiger partial charge in [-0.25, -0.2) is 0 Å². The molecule has 2 fully saturated rings. The van der Waals surface area contributed by atoms with Crippen molar-refractivity contribution >= 4 is 5.91 Å². The maximum Gasteiger partial charge on any atom is 0.253 e. The molecule has 1 aliphatic heterocycles. The number of morpholine rings is 1. The minimum absolute atomic E-state index is 0.00208. The summed E-state index contributed by atoms with van der Waals surface area (Å²) in [5.74, 6) is 1.02. The van der Waals surface area contributed by atoms with Crippen molar-refractivity contribution in [3.05, 3.63) is 29.3 Å². The van der Waals surface area contributed by atoms with Crippen molar-refractivity contribution in [2.24, 2.45) is 0 Å². The topological polar surface area (TPSA) is 60.0 Å². The Labute approximate surface area is 168 Å². The van der Waals surface area contributed by atoms with E-state index in [2.05, 4.69) is 37.4 Å². The third-order valence-electron chi connectivity index (χ3n) is 5.52. The first-order chi connectivity index (χ1) is 13.7. The number of hydrogen-bond acceptors (Lipinski definition) is 5. The molecule has 0 spiro atoms. The number of benzene rings is 1. The molecule has 1 saturated carbocycles. The largest absolute Gasteiger partial charge is 0.493 e. The highest BCUT2D eigenvalue weighted by Crippen LogP contribution is 2.36. The van der Waals surface area contributed by atoms with Crippen molar-refractivity contribution < 1.29 is 19.0 Å². The lowest BCUT2D eigenvalue weighted by atomic mass is 10.0. The number of aryl methyl sites for hydroxylation is 1. The predicted octanol–water partition coefficient (Wildman–Crippen LogP) is 2.70. The van der Waals surface area contributed by atoms with Gasteiger partial charge >= 0.3 is 0 Å². The molecule has 0 bridgehead atoms. The second kappa shape index (κ2) is 10.2. The Morgan fingerprint density at radius 1 is 1.36 bits per heavy atom. The lowest BCUT2D eigenvalue weighted by Crippen LogP contribution is -2.50. The van der Waals surface area contributed by atoms with Gasteiger partial charge < -0.3 is 24.4 Å². The van der Waals surface area contributed by atoms with Crippen molar-refractivity contribution in [1.82, 2.24) is 10.2 Å². The van der Waals surface area contributed by atoms with Crippen LogP contribution in [0.3, 0.4) is 0 Å². The molecule has 1 heterocycles. The second-order valence-corrected chi connectivity index (χ2v) is 7.63. The highest BCUT2D eigenvalue weighted by atomic mass is 16.5. The molecule has 6 heteroatoms. The normalized spacial score (nSPS) is 20.6. The van der Waals surface area contributed by atoms with E-state index in [9.17, 15) is 4.79 Å². The van der Waals surface area contributed by atoms with Crippen LogP contribution in [0.2, 0.25) is 0 Å². The van der Waals surface area contributed by atoms with E-state index in [-0.39, 0.29) is 18.1 Å². The van der Waals surface area contributed by atoms with Crippen LogP contribution < -0.4 is 10.1 Å². The minimum Gasteiger partial charge on any atom is -0.493 e. The first-order valence-corrected chi connectivity index (χ1v) is 10.5. The number of ether oxygens (including phenoxy) is 3. The summed E-state index contributed by atoms with van der Waals surface area (Å²) in [6.45, 7) is 7.56. The van der Waals surface area contributed by atoms with Crippen LogP contribution in [0, 0.1) is 0 Å². The third-order valence-corrected chi connectivity index (χ3v) is 5.52. The van der Waals surface area contributed by atoms with Gasteiger partial charge in [-0.15, -0.1) is 0 Å². The number of hydrogen-bond donors (Lipinski definition) is 1. The fraction of sp³-hybridized carbons (Fsp3) is 0.682. The molecule has 1 aliphatic carbocycles. The molecule has 2 atom stereocenters. The molecule has 1 aromatic rings. The SMILES string of the molecule is CCc1ccc([C@@H](C)N(C(=O)[C@H]2CNCCO2)C2CC2)cc1OCCCOC. The molecule has 0 unspecified atom stereocenters. The Balaban J connectivity index is 1.74. The quantitative estimate of drug-likeness (QED) is 0.623. The van der Waals surface area contributed by atoms with Gasteiger partial charge in [0.05, 0.1) is 19.3 Å². The molecule has 1 aromatic carbocycles. The van der Waals surface area contributed by atoms with Gasteiger partial charge in [0.15, 0.2) is 0 Å².